The lowest BCUT2D eigenvalue weighted by atomic mass is 10.0. The van der Waals surface area contributed by atoms with Crippen LogP contribution in [0, 0.1) is 6.92 Å². The fourth-order valence-corrected chi connectivity index (χ4v) is 3.79. The van der Waals surface area contributed by atoms with Gasteiger partial charge in [0.15, 0.2) is 22.4 Å². The number of hydrogen-bond donors (Lipinski definition) is 1. The highest BCUT2D eigenvalue weighted by atomic mass is 32.2. The SMILES string of the molecule is COc1ccnc(CS(=O)c2nc3cc(C(C)=O)c(C)cc3[nH]2)c1OC. The van der Waals surface area contributed by atoms with E-state index in [1.807, 2.05) is 13.0 Å². The molecule has 0 fully saturated rings. The van der Waals surface area contributed by atoms with Gasteiger partial charge in [0.2, 0.25) is 0 Å². The third-order valence-electron chi connectivity index (χ3n) is 4.04. The summed E-state index contributed by atoms with van der Waals surface area (Å²) >= 11 is 0. The summed E-state index contributed by atoms with van der Waals surface area (Å²) in [6, 6.07) is 5.23. The Balaban J connectivity index is 1.95. The second kappa shape index (κ2) is 7.25. The van der Waals surface area contributed by atoms with Crippen LogP contribution in [0.4, 0.5) is 0 Å². The maximum atomic E-state index is 12.8. The summed E-state index contributed by atoms with van der Waals surface area (Å²) in [5, 5.41) is 0.326. The van der Waals surface area contributed by atoms with Crippen molar-refractivity contribution in [2.45, 2.75) is 24.8 Å². The Labute approximate surface area is 153 Å². The van der Waals surface area contributed by atoms with E-state index in [2.05, 4.69) is 15.0 Å². The molecule has 8 heteroatoms. The van der Waals surface area contributed by atoms with Crippen molar-refractivity contribution >= 4 is 27.6 Å². The van der Waals surface area contributed by atoms with Gasteiger partial charge in [-0.1, -0.05) is 0 Å². The largest absolute Gasteiger partial charge is 0.493 e. The van der Waals surface area contributed by atoms with Gasteiger partial charge in [0, 0.05) is 17.8 Å². The topological polar surface area (TPSA) is 94.2 Å². The molecule has 2 heterocycles. The molecule has 2 aromatic heterocycles. The number of Topliss-reactive ketones (excluding diaryl/α,β-unsaturated/α-hetero) is 1. The Morgan fingerprint density at radius 3 is 2.69 bits per heavy atom. The average molecular weight is 373 g/mol. The van der Waals surface area contributed by atoms with Crippen molar-refractivity contribution in [1.29, 1.82) is 0 Å². The van der Waals surface area contributed by atoms with E-state index in [0.717, 1.165) is 11.1 Å². The molecular weight excluding hydrogens is 354 g/mol. The van der Waals surface area contributed by atoms with Crippen LogP contribution in [0.3, 0.4) is 0 Å². The molecule has 3 aromatic rings. The first-order valence-corrected chi connectivity index (χ1v) is 9.22. The molecule has 0 aliphatic heterocycles. The number of fused-ring (bicyclic) bond motifs is 1. The van der Waals surface area contributed by atoms with E-state index >= 15 is 0 Å². The molecule has 7 nitrogen and oxygen atoms in total. The fourth-order valence-electron chi connectivity index (χ4n) is 2.77. The molecule has 0 radical (unpaired) electrons. The predicted molar refractivity (Wildman–Crippen MR) is 98.3 cm³/mol. The van der Waals surface area contributed by atoms with E-state index in [1.165, 1.54) is 21.1 Å². The number of aryl methyl sites for hydroxylation is 1. The van der Waals surface area contributed by atoms with Crippen molar-refractivity contribution in [3.05, 3.63) is 41.2 Å². The minimum Gasteiger partial charge on any atom is -0.493 e. The molecule has 1 N–H and O–H groups in total. The molecule has 26 heavy (non-hydrogen) atoms. The molecule has 1 unspecified atom stereocenters. The van der Waals surface area contributed by atoms with Crippen LogP contribution in [0.25, 0.3) is 11.0 Å². The summed E-state index contributed by atoms with van der Waals surface area (Å²) in [5.74, 6) is 1.08. The number of pyridine rings is 1. The molecular formula is C18H19N3O4S. The molecule has 0 amide bonds. The maximum Gasteiger partial charge on any atom is 0.197 e. The van der Waals surface area contributed by atoms with Crippen LogP contribution in [0.1, 0.15) is 28.5 Å². The van der Waals surface area contributed by atoms with E-state index in [0.29, 0.717) is 33.4 Å². The summed E-state index contributed by atoms with van der Waals surface area (Å²) in [5.41, 5.74) is 3.32. The molecule has 3 rings (SSSR count). The number of nitrogens with one attached hydrogen (secondary N) is 1. The minimum atomic E-state index is -1.46. The summed E-state index contributed by atoms with van der Waals surface area (Å²) in [6.45, 7) is 3.37. The van der Waals surface area contributed by atoms with Crippen LogP contribution >= 0.6 is 0 Å². The van der Waals surface area contributed by atoms with Gasteiger partial charge in [-0.3, -0.25) is 14.0 Å². The Kier molecular flexibility index (Phi) is 5.03. The van der Waals surface area contributed by atoms with Crippen LogP contribution < -0.4 is 9.47 Å². The number of hydrogen-bond acceptors (Lipinski definition) is 6. The molecule has 0 spiro atoms. The number of nitrogens with zero attached hydrogens (tertiary/aromatic N) is 2. The molecule has 0 bridgehead atoms. The highest BCUT2D eigenvalue weighted by molar-refractivity contribution is 7.84. The highest BCUT2D eigenvalue weighted by Gasteiger charge is 2.18. The monoisotopic (exact) mass is 373 g/mol. The summed E-state index contributed by atoms with van der Waals surface area (Å²) in [6.07, 6.45) is 1.58. The van der Waals surface area contributed by atoms with E-state index < -0.39 is 10.8 Å². The molecule has 0 aliphatic rings. The number of carbonyl (C=O) groups is 1. The van der Waals surface area contributed by atoms with Crippen molar-refractivity contribution in [3.8, 4) is 11.5 Å². The first kappa shape index (κ1) is 18.1. The zero-order valence-corrected chi connectivity index (χ0v) is 15.8. The molecule has 1 atom stereocenters. The first-order valence-electron chi connectivity index (χ1n) is 7.90. The minimum absolute atomic E-state index is 0.0274. The number of benzene rings is 1. The lowest BCUT2D eigenvalue weighted by molar-refractivity contribution is 0.101. The van der Waals surface area contributed by atoms with Gasteiger partial charge < -0.3 is 14.5 Å². The smallest absolute Gasteiger partial charge is 0.197 e. The number of aromatic nitrogens is 3. The number of rotatable bonds is 6. The van der Waals surface area contributed by atoms with E-state index in [1.54, 1.807) is 18.3 Å². The number of methoxy groups -OCH3 is 2. The van der Waals surface area contributed by atoms with Crippen molar-refractivity contribution < 1.29 is 18.5 Å². The lowest BCUT2D eigenvalue weighted by Gasteiger charge is -2.10. The van der Waals surface area contributed by atoms with Gasteiger partial charge in [-0.05, 0) is 31.5 Å². The van der Waals surface area contributed by atoms with Crippen molar-refractivity contribution in [2.24, 2.45) is 0 Å². The number of imidazole rings is 1. The van der Waals surface area contributed by atoms with E-state index in [4.69, 9.17) is 9.47 Å². The Hall–Kier alpha value is -2.74. The van der Waals surface area contributed by atoms with Crippen molar-refractivity contribution in [3.63, 3.8) is 0 Å². The highest BCUT2D eigenvalue weighted by Crippen LogP contribution is 2.30. The lowest BCUT2D eigenvalue weighted by Crippen LogP contribution is -2.04. The van der Waals surface area contributed by atoms with Crippen LogP contribution in [0.5, 0.6) is 11.5 Å². The fraction of sp³-hybridized carbons (Fsp3) is 0.278. The van der Waals surface area contributed by atoms with Gasteiger partial charge in [-0.25, -0.2) is 4.98 Å². The number of aromatic amines is 1. The first-order chi connectivity index (χ1) is 12.4. The van der Waals surface area contributed by atoms with E-state index in [9.17, 15) is 9.00 Å². The second-order valence-corrected chi connectivity index (χ2v) is 7.13. The van der Waals surface area contributed by atoms with Crippen LogP contribution in [0.2, 0.25) is 0 Å². The van der Waals surface area contributed by atoms with Gasteiger partial charge in [-0.2, -0.15) is 0 Å². The molecule has 0 saturated heterocycles. The van der Waals surface area contributed by atoms with Gasteiger partial charge in [0.25, 0.3) is 0 Å². The Morgan fingerprint density at radius 2 is 2.04 bits per heavy atom. The van der Waals surface area contributed by atoms with Crippen molar-refractivity contribution in [2.75, 3.05) is 14.2 Å². The maximum absolute atomic E-state index is 12.8. The van der Waals surface area contributed by atoms with E-state index in [-0.39, 0.29) is 11.5 Å². The number of H-pyrrole nitrogens is 1. The number of carbonyl (C=O) groups excluding carboxylic acids is 1. The Bertz CT molecular complexity index is 1010. The van der Waals surface area contributed by atoms with Crippen LogP contribution in [-0.2, 0) is 16.6 Å². The second-order valence-electron chi connectivity index (χ2n) is 5.77. The summed E-state index contributed by atoms with van der Waals surface area (Å²) < 4.78 is 23.3. The summed E-state index contributed by atoms with van der Waals surface area (Å²) in [4.78, 5) is 23.4. The van der Waals surface area contributed by atoms with Gasteiger partial charge in [-0.15, -0.1) is 0 Å². The van der Waals surface area contributed by atoms with Crippen molar-refractivity contribution in [1.82, 2.24) is 15.0 Å². The summed E-state index contributed by atoms with van der Waals surface area (Å²) in [7, 11) is 1.58. The zero-order valence-electron chi connectivity index (χ0n) is 15.0. The standard InChI is InChI=1S/C18H19N3O4S/c1-10-7-13-14(8-12(10)11(2)22)21-18(20-13)26(23)9-15-17(25-4)16(24-3)5-6-19-15/h5-8H,9H2,1-4H3,(H,20,21). The van der Waals surface area contributed by atoms with Gasteiger partial charge in [0.1, 0.15) is 0 Å². The molecule has 0 saturated carbocycles. The normalized spacial score (nSPS) is 12.2. The molecule has 136 valence electrons. The van der Waals surface area contributed by atoms with Crippen LogP contribution in [0.15, 0.2) is 29.6 Å². The number of ether oxygens (including phenoxy) is 2. The average Bonchev–Trinajstić information content (AvgIpc) is 3.03. The van der Waals surface area contributed by atoms with Gasteiger partial charge in [0.05, 0.1) is 47.5 Å². The third-order valence-corrected chi connectivity index (χ3v) is 5.20. The number of ketones is 1. The Morgan fingerprint density at radius 1 is 1.27 bits per heavy atom. The molecule has 1 aromatic carbocycles. The zero-order chi connectivity index (χ0) is 18.8. The molecule has 0 aliphatic carbocycles. The quantitative estimate of drug-likeness (QED) is 0.668. The van der Waals surface area contributed by atoms with Crippen LogP contribution in [-0.4, -0.2) is 39.2 Å². The predicted octanol–water partition coefficient (Wildman–Crippen LogP) is 2.79. The van der Waals surface area contributed by atoms with Gasteiger partial charge >= 0.3 is 0 Å². The third kappa shape index (κ3) is 3.32.